The Morgan fingerprint density at radius 1 is 1.00 bits per heavy atom. The maximum absolute atomic E-state index is 12.7. The average Bonchev–Trinajstić information content (AvgIpc) is 3.53. The molecule has 44 heavy (non-hydrogen) atoms. The normalized spacial score (nSPS) is 18.9. The third-order valence-electron chi connectivity index (χ3n) is 7.62. The summed E-state index contributed by atoms with van der Waals surface area (Å²) in [4.78, 5) is 52.0. The topological polar surface area (TPSA) is 196 Å². The quantitative estimate of drug-likeness (QED) is 0.172. The van der Waals surface area contributed by atoms with E-state index in [1.165, 1.54) is 12.1 Å². The van der Waals surface area contributed by atoms with Crippen molar-refractivity contribution in [1.29, 1.82) is 0 Å². The van der Waals surface area contributed by atoms with Crippen molar-refractivity contribution < 1.29 is 29.2 Å². The summed E-state index contributed by atoms with van der Waals surface area (Å²) in [6.07, 6.45) is 3.23. The Morgan fingerprint density at radius 2 is 1.64 bits per heavy atom. The van der Waals surface area contributed by atoms with Gasteiger partial charge in [0.05, 0.1) is 53.1 Å². The number of aliphatic imine (C=N–C) groups is 2. The molecule has 2 amide bonds. The van der Waals surface area contributed by atoms with Gasteiger partial charge in [-0.05, 0) is 59.1 Å². The van der Waals surface area contributed by atoms with Crippen molar-refractivity contribution in [3.63, 3.8) is 0 Å². The number of carbonyl (C=O) groups excluding carboxylic acids is 3. The minimum atomic E-state index is -0.903. The molecular weight excluding hydrogens is 572 g/mol. The lowest BCUT2D eigenvalue weighted by Crippen LogP contribution is -2.34. The number of rotatable bonds is 11. The van der Waals surface area contributed by atoms with Gasteiger partial charge in [-0.2, -0.15) is 0 Å². The van der Waals surface area contributed by atoms with E-state index in [-0.39, 0.29) is 29.9 Å². The van der Waals surface area contributed by atoms with Gasteiger partial charge in [-0.25, -0.2) is 9.48 Å². The van der Waals surface area contributed by atoms with Gasteiger partial charge in [0, 0.05) is 5.71 Å². The predicted molar refractivity (Wildman–Crippen MR) is 160 cm³/mol. The first-order valence-electron chi connectivity index (χ1n) is 14.3. The van der Waals surface area contributed by atoms with Gasteiger partial charge in [0.15, 0.2) is 0 Å². The largest absolute Gasteiger partial charge is 0.792 e. The molecule has 15 nitrogen and oxygen atoms in total. The number of benzene rings is 1. The van der Waals surface area contributed by atoms with Crippen molar-refractivity contribution in [2.75, 3.05) is 19.7 Å². The fourth-order valence-corrected chi connectivity index (χ4v) is 4.82. The van der Waals surface area contributed by atoms with Crippen LogP contribution in [0.4, 0.5) is 0 Å². The molecule has 1 aliphatic heterocycles. The minimum absolute atomic E-state index is 0.162. The smallest absolute Gasteiger partial charge is 0.358 e. The lowest BCUT2D eigenvalue weighted by molar-refractivity contribution is -0.176. The van der Waals surface area contributed by atoms with Crippen molar-refractivity contribution in [3.05, 3.63) is 52.0 Å². The molecule has 1 N–H and O–H groups in total. The molecule has 1 aliphatic carbocycles. The number of fused-ring (bicyclic) bond motifs is 2. The summed E-state index contributed by atoms with van der Waals surface area (Å²) in [5.74, 6) is -2.33. The Bertz CT molecular complexity index is 1460. The number of hydrogen-bond donors (Lipinski definition) is 1. The number of ether oxygens (including phenoxy) is 1. The first kappa shape index (κ1) is 32.1. The summed E-state index contributed by atoms with van der Waals surface area (Å²) >= 11 is 0. The molecule has 234 valence electrons. The highest BCUT2D eigenvalue weighted by Gasteiger charge is 2.39. The second kappa shape index (κ2) is 14.6. The fourth-order valence-electron chi connectivity index (χ4n) is 4.82. The highest BCUT2D eigenvalue weighted by molar-refractivity contribution is 6.41. The summed E-state index contributed by atoms with van der Waals surface area (Å²) in [5, 5.41) is 35.6. The third-order valence-corrected chi connectivity index (χ3v) is 7.62. The van der Waals surface area contributed by atoms with E-state index in [2.05, 4.69) is 30.6 Å². The Morgan fingerprint density at radius 3 is 2.25 bits per heavy atom. The molecule has 0 fully saturated rings. The predicted octanol–water partition coefficient (Wildman–Crippen LogP) is 3.48. The maximum atomic E-state index is 12.7. The Hall–Kier alpha value is -4.79. The van der Waals surface area contributed by atoms with Crippen LogP contribution < -0.4 is 0 Å². The molecule has 2 atom stereocenters. The Labute approximate surface area is 253 Å². The number of nitrogens with zero attached hydrogens (tertiary/aromatic N) is 8. The molecule has 15 heteroatoms. The van der Waals surface area contributed by atoms with Crippen LogP contribution in [0.1, 0.15) is 97.6 Å². The molecule has 1 aromatic heterocycles. The van der Waals surface area contributed by atoms with Crippen LogP contribution in [0.3, 0.4) is 0 Å². The average molecular weight is 608 g/mol. The van der Waals surface area contributed by atoms with Crippen molar-refractivity contribution in [2.45, 2.75) is 71.9 Å². The van der Waals surface area contributed by atoms with Gasteiger partial charge in [0.25, 0.3) is 11.8 Å². The summed E-state index contributed by atoms with van der Waals surface area (Å²) in [6.45, 7) is 6.57. The second-order valence-corrected chi connectivity index (χ2v) is 10.5. The number of hydroxylamine groups is 2. The molecule has 2 heterocycles. The van der Waals surface area contributed by atoms with Crippen molar-refractivity contribution in [2.24, 2.45) is 20.3 Å². The molecule has 0 saturated carbocycles. The monoisotopic (exact) mass is 607 g/mol. The number of amides is 2. The van der Waals surface area contributed by atoms with E-state index in [1.807, 2.05) is 0 Å². The highest BCUT2D eigenvalue weighted by Crippen LogP contribution is 2.31. The standard InChI is InChI=1S/C29H36N8O7/c1-17(19(3)33-41)30-14-21(15-31-18(2)20(4)34-42)36-24-12-6-5-7-13-25(27(24)32-35-36)43-16-26(38)44-37-28(39)22-10-8-9-11-23(22)29(37)40/h8-11,21,25,41-42H,5-7,12-16H2,1-4H3/p-1/b30-17?,31-18?,33-19+,34-20+. The lowest BCUT2D eigenvalue weighted by Gasteiger charge is -2.22. The SMILES string of the molecule is CC(=NCC(CN=C(C)/C(C)=N/O)n1nnc2c1CCCCCC2OCC(=O)ON1C(=O)c2ccccc2C1=O)/C(C)=N/[O-]. The second-order valence-electron chi connectivity index (χ2n) is 10.5. The van der Waals surface area contributed by atoms with Crippen LogP contribution in [0.25, 0.3) is 0 Å². The first-order chi connectivity index (χ1) is 21.2. The van der Waals surface area contributed by atoms with E-state index in [9.17, 15) is 19.6 Å². The van der Waals surface area contributed by atoms with E-state index in [1.54, 1.807) is 44.5 Å². The van der Waals surface area contributed by atoms with E-state index in [4.69, 9.17) is 14.8 Å². The molecule has 2 aromatic rings. The molecule has 1 aromatic carbocycles. The molecule has 0 bridgehead atoms. The molecule has 2 aliphatic rings. The number of imide groups is 1. The van der Waals surface area contributed by atoms with Gasteiger partial charge in [-0.15, -0.1) is 5.10 Å². The third kappa shape index (κ3) is 7.22. The van der Waals surface area contributed by atoms with Crippen LogP contribution in [-0.2, 0) is 20.8 Å². The van der Waals surface area contributed by atoms with Gasteiger partial charge >= 0.3 is 5.97 Å². The highest BCUT2D eigenvalue weighted by atomic mass is 16.7. The molecule has 0 spiro atoms. The van der Waals surface area contributed by atoms with Crippen LogP contribution >= 0.6 is 0 Å². The van der Waals surface area contributed by atoms with Crippen LogP contribution in [0.5, 0.6) is 0 Å². The van der Waals surface area contributed by atoms with Crippen LogP contribution in [0, 0.1) is 5.21 Å². The maximum Gasteiger partial charge on any atom is 0.358 e. The molecule has 2 unspecified atom stereocenters. The van der Waals surface area contributed by atoms with Crippen molar-refractivity contribution in [1.82, 2.24) is 20.1 Å². The molecule has 4 rings (SSSR count). The fraction of sp³-hybridized carbons (Fsp3) is 0.483. The van der Waals surface area contributed by atoms with Gasteiger partial charge < -0.3 is 25.1 Å². The van der Waals surface area contributed by atoms with E-state index in [0.717, 1.165) is 25.0 Å². The summed E-state index contributed by atoms with van der Waals surface area (Å²) in [5.41, 5.74) is 3.35. The lowest BCUT2D eigenvalue weighted by atomic mass is 9.98. The molecule has 0 radical (unpaired) electrons. The van der Waals surface area contributed by atoms with E-state index < -0.39 is 36.5 Å². The van der Waals surface area contributed by atoms with Gasteiger partial charge in [0.1, 0.15) is 18.4 Å². The van der Waals surface area contributed by atoms with Crippen molar-refractivity contribution >= 4 is 40.6 Å². The Balaban J connectivity index is 1.53. The van der Waals surface area contributed by atoms with Crippen LogP contribution in [0.2, 0.25) is 0 Å². The van der Waals surface area contributed by atoms with Gasteiger partial charge in [-0.1, -0.05) is 40.4 Å². The summed E-state index contributed by atoms with van der Waals surface area (Å²) in [6, 6.07) is 5.82. The number of oxime groups is 1. The van der Waals surface area contributed by atoms with Crippen LogP contribution in [0.15, 0.2) is 44.6 Å². The summed E-state index contributed by atoms with van der Waals surface area (Å²) < 4.78 is 7.70. The number of hydrogen-bond acceptors (Lipinski definition) is 13. The zero-order valence-corrected chi connectivity index (χ0v) is 25.1. The number of carbonyl (C=O) groups is 3. The van der Waals surface area contributed by atoms with E-state index >= 15 is 0 Å². The summed E-state index contributed by atoms with van der Waals surface area (Å²) in [7, 11) is 0. The number of aromatic nitrogens is 3. The molecular formula is C29H35N8O7-. The molecule has 0 saturated heterocycles. The minimum Gasteiger partial charge on any atom is -0.792 e. The van der Waals surface area contributed by atoms with E-state index in [0.29, 0.717) is 40.7 Å². The zero-order chi connectivity index (χ0) is 31.8. The van der Waals surface area contributed by atoms with Gasteiger partial charge in [0.2, 0.25) is 0 Å². The van der Waals surface area contributed by atoms with Gasteiger partial charge in [-0.3, -0.25) is 19.6 Å². The zero-order valence-electron chi connectivity index (χ0n) is 25.1. The van der Waals surface area contributed by atoms with Crippen LogP contribution in [-0.4, -0.2) is 85.6 Å². The Kier molecular flexibility index (Phi) is 10.7. The first-order valence-corrected chi connectivity index (χ1v) is 14.3. The van der Waals surface area contributed by atoms with Crippen molar-refractivity contribution in [3.8, 4) is 0 Å².